The van der Waals surface area contributed by atoms with Crippen LogP contribution < -0.4 is 10.6 Å². The number of nitriles is 1. The molecular weight excluding hydrogens is 262 g/mol. The van der Waals surface area contributed by atoms with E-state index in [1.807, 2.05) is 38.1 Å². The van der Waals surface area contributed by atoms with Crippen molar-refractivity contribution in [2.75, 3.05) is 17.2 Å². The first-order chi connectivity index (χ1) is 10.2. The number of aryl methyl sites for hydroxylation is 1. The molecule has 1 heterocycles. The lowest BCUT2D eigenvalue weighted by Crippen LogP contribution is -2.08. The molecule has 5 heteroatoms. The summed E-state index contributed by atoms with van der Waals surface area (Å²) in [4.78, 5) is 8.88. The van der Waals surface area contributed by atoms with Crippen LogP contribution in [0.3, 0.4) is 0 Å². The molecule has 108 valence electrons. The predicted molar refractivity (Wildman–Crippen MR) is 84.1 cm³/mol. The molecule has 2 aromatic rings. The second kappa shape index (κ2) is 7.25. The molecule has 0 unspecified atom stereocenters. The van der Waals surface area contributed by atoms with Crippen molar-refractivity contribution in [1.29, 1.82) is 5.26 Å². The van der Waals surface area contributed by atoms with Gasteiger partial charge < -0.3 is 10.6 Å². The molecule has 1 aromatic heterocycles. The van der Waals surface area contributed by atoms with Gasteiger partial charge in [0.05, 0.1) is 11.6 Å². The average molecular weight is 281 g/mol. The molecule has 5 nitrogen and oxygen atoms in total. The molecule has 2 rings (SSSR count). The Morgan fingerprint density at radius 3 is 2.52 bits per heavy atom. The topological polar surface area (TPSA) is 73.6 Å². The molecule has 1 aromatic carbocycles. The van der Waals surface area contributed by atoms with E-state index in [4.69, 9.17) is 5.26 Å². The van der Waals surface area contributed by atoms with E-state index in [0.29, 0.717) is 12.1 Å². The van der Waals surface area contributed by atoms with E-state index in [9.17, 15) is 0 Å². The van der Waals surface area contributed by atoms with Crippen LogP contribution in [0.4, 0.5) is 11.6 Å². The lowest BCUT2D eigenvalue weighted by Gasteiger charge is -2.10. The van der Waals surface area contributed by atoms with Crippen LogP contribution >= 0.6 is 0 Å². The van der Waals surface area contributed by atoms with Gasteiger partial charge in [0.2, 0.25) is 0 Å². The van der Waals surface area contributed by atoms with Crippen molar-refractivity contribution in [2.45, 2.75) is 26.8 Å². The Morgan fingerprint density at radius 1 is 1.10 bits per heavy atom. The summed E-state index contributed by atoms with van der Waals surface area (Å²) in [6.07, 6.45) is 0.790. The van der Waals surface area contributed by atoms with Gasteiger partial charge in [0, 0.05) is 25.6 Å². The van der Waals surface area contributed by atoms with E-state index in [1.165, 1.54) is 0 Å². The van der Waals surface area contributed by atoms with E-state index in [1.54, 1.807) is 6.07 Å². The first kappa shape index (κ1) is 14.8. The molecule has 0 radical (unpaired) electrons. The first-order valence-electron chi connectivity index (χ1n) is 7.10. The number of hydrogen-bond donors (Lipinski definition) is 2. The summed E-state index contributed by atoms with van der Waals surface area (Å²) in [5.41, 5.74) is 1.72. The molecule has 0 atom stereocenters. The molecule has 2 N–H and O–H groups in total. The maximum absolute atomic E-state index is 8.91. The van der Waals surface area contributed by atoms with E-state index in [2.05, 4.69) is 26.7 Å². The van der Waals surface area contributed by atoms with Crippen molar-refractivity contribution in [3.63, 3.8) is 0 Å². The quantitative estimate of drug-likeness (QED) is 0.851. The summed E-state index contributed by atoms with van der Waals surface area (Å²) in [7, 11) is 0. The van der Waals surface area contributed by atoms with Gasteiger partial charge in [0.15, 0.2) is 0 Å². The van der Waals surface area contributed by atoms with E-state index in [0.717, 1.165) is 36.0 Å². The van der Waals surface area contributed by atoms with Crippen molar-refractivity contribution >= 4 is 11.6 Å². The third-order valence-electron chi connectivity index (χ3n) is 2.98. The zero-order chi connectivity index (χ0) is 15.1. The second-order valence-corrected chi connectivity index (χ2v) is 4.60. The first-order valence-corrected chi connectivity index (χ1v) is 7.10. The van der Waals surface area contributed by atoms with E-state index >= 15 is 0 Å². The van der Waals surface area contributed by atoms with E-state index in [-0.39, 0.29) is 0 Å². The number of nitrogens with zero attached hydrogens (tertiary/aromatic N) is 3. The molecule has 0 saturated carbocycles. The van der Waals surface area contributed by atoms with Gasteiger partial charge in [-0.05, 0) is 24.6 Å². The maximum atomic E-state index is 8.91. The highest BCUT2D eigenvalue weighted by molar-refractivity contribution is 5.48. The number of rotatable bonds is 6. The monoisotopic (exact) mass is 281 g/mol. The molecule has 0 aliphatic heterocycles. The fourth-order valence-corrected chi connectivity index (χ4v) is 1.96. The fourth-order valence-electron chi connectivity index (χ4n) is 1.96. The van der Waals surface area contributed by atoms with Crippen molar-refractivity contribution in [3.05, 3.63) is 47.3 Å². The van der Waals surface area contributed by atoms with Crippen molar-refractivity contribution in [1.82, 2.24) is 9.97 Å². The molecular formula is C16H19N5. The number of benzene rings is 1. The highest BCUT2D eigenvalue weighted by Crippen LogP contribution is 2.13. The minimum atomic E-state index is 0.626. The molecule has 0 aliphatic rings. The smallest absolute Gasteiger partial charge is 0.132 e. The Labute approximate surface area is 125 Å². The van der Waals surface area contributed by atoms with Gasteiger partial charge >= 0.3 is 0 Å². The minimum Gasteiger partial charge on any atom is -0.370 e. The van der Waals surface area contributed by atoms with Crippen molar-refractivity contribution in [3.8, 4) is 6.07 Å². The summed E-state index contributed by atoms with van der Waals surface area (Å²) in [6.45, 7) is 5.52. The fraction of sp³-hybridized carbons (Fsp3) is 0.312. The van der Waals surface area contributed by atoms with Crippen molar-refractivity contribution in [2.24, 2.45) is 0 Å². The summed E-state index contributed by atoms with van der Waals surface area (Å²) in [6, 6.07) is 11.6. The van der Waals surface area contributed by atoms with Crippen LogP contribution in [0.25, 0.3) is 0 Å². The molecule has 0 fully saturated rings. The summed E-state index contributed by atoms with van der Waals surface area (Å²) >= 11 is 0. The molecule has 0 saturated heterocycles. The largest absolute Gasteiger partial charge is 0.370 e. The number of aromatic nitrogens is 2. The van der Waals surface area contributed by atoms with Gasteiger partial charge in [-0.25, -0.2) is 9.97 Å². The van der Waals surface area contributed by atoms with Crippen LogP contribution in [-0.4, -0.2) is 16.5 Å². The molecule has 0 spiro atoms. The summed E-state index contributed by atoms with van der Waals surface area (Å²) < 4.78 is 0. The summed E-state index contributed by atoms with van der Waals surface area (Å²) in [5, 5.41) is 15.4. The predicted octanol–water partition coefficient (Wildman–Crippen LogP) is 2.95. The van der Waals surface area contributed by atoms with Crippen molar-refractivity contribution < 1.29 is 0 Å². The Balaban J connectivity index is 2.11. The highest BCUT2D eigenvalue weighted by Gasteiger charge is 2.03. The number of nitrogens with one attached hydrogen (secondary N) is 2. The standard InChI is InChI=1S/C16H19N5/c1-3-14-20-15(18-4-2)9-16(21-14)19-11-13-7-5-6-12(8-13)10-17/h5-9H,3-4,11H2,1-2H3,(H2,18,19,20,21). The molecule has 21 heavy (non-hydrogen) atoms. The average Bonchev–Trinajstić information content (AvgIpc) is 2.53. The van der Waals surface area contributed by atoms with E-state index < -0.39 is 0 Å². The molecule has 0 aliphatic carbocycles. The van der Waals surface area contributed by atoms with Crippen LogP contribution in [0.5, 0.6) is 0 Å². The van der Waals surface area contributed by atoms with Gasteiger partial charge in [-0.3, -0.25) is 0 Å². The van der Waals surface area contributed by atoms with Crippen LogP contribution in [-0.2, 0) is 13.0 Å². The zero-order valence-electron chi connectivity index (χ0n) is 12.3. The van der Waals surface area contributed by atoms with Gasteiger partial charge in [-0.15, -0.1) is 0 Å². The third kappa shape index (κ3) is 4.18. The lowest BCUT2D eigenvalue weighted by molar-refractivity contribution is 0.929. The van der Waals surface area contributed by atoms with Gasteiger partial charge in [-0.1, -0.05) is 19.1 Å². The Morgan fingerprint density at radius 2 is 1.86 bits per heavy atom. The molecule has 0 amide bonds. The van der Waals surface area contributed by atoms with Crippen LogP contribution in [0.15, 0.2) is 30.3 Å². The third-order valence-corrected chi connectivity index (χ3v) is 2.98. The SMILES string of the molecule is CCNc1cc(NCc2cccc(C#N)c2)nc(CC)n1. The maximum Gasteiger partial charge on any atom is 0.132 e. The Kier molecular flexibility index (Phi) is 5.10. The molecule has 0 bridgehead atoms. The Bertz CT molecular complexity index is 645. The number of hydrogen-bond acceptors (Lipinski definition) is 5. The van der Waals surface area contributed by atoms with Gasteiger partial charge in [-0.2, -0.15) is 5.26 Å². The lowest BCUT2D eigenvalue weighted by atomic mass is 10.1. The second-order valence-electron chi connectivity index (χ2n) is 4.60. The zero-order valence-corrected chi connectivity index (χ0v) is 12.3. The normalized spacial score (nSPS) is 9.95. The van der Waals surface area contributed by atoms with Crippen LogP contribution in [0.2, 0.25) is 0 Å². The van der Waals surface area contributed by atoms with Crippen LogP contribution in [0.1, 0.15) is 30.8 Å². The minimum absolute atomic E-state index is 0.626. The van der Waals surface area contributed by atoms with Crippen LogP contribution in [0, 0.1) is 11.3 Å². The summed E-state index contributed by atoms with van der Waals surface area (Å²) in [5.74, 6) is 2.43. The van der Waals surface area contributed by atoms with Gasteiger partial charge in [0.25, 0.3) is 0 Å². The Hall–Kier alpha value is -2.61. The van der Waals surface area contributed by atoms with Gasteiger partial charge in [0.1, 0.15) is 17.5 Å². The highest BCUT2D eigenvalue weighted by atomic mass is 15.1. The number of anilines is 2.